The van der Waals surface area contributed by atoms with Crippen molar-refractivity contribution in [3.8, 4) is 0 Å². The van der Waals surface area contributed by atoms with E-state index < -0.39 is 0 Å². The Balaban J connectivity index is 1.75. The predicted molar refractivity (Wildman–Crippen MR) is 89.3 cm³/mol. The molecule has 1 saturated heterocycles. The van der Waals surface area contributed by atoms with E-state index in [0.717, 1.165) is 18.4 Å². The molecule has 1 heterocycles. The Bertz CT molecular complexity index is 482. The molecule has 1 saturated carbocycles. The number of rotatable bonds is 3. The zero-order chi connectivity index (χ0) is 14.8. The van der Waals surface area contributed by atoms with Gasteiger partial charge in [0.25, 0.3) is 0 Å². The third kappa shape index (κ3) is 3.17. The van der Waals surface area contributed by atoms with Gasteiger partial charge in [-0.3, -0.25) is 4.90 Å². The SMILES string of the molecule is Cc1ccc(C(CN)N2CCC3CCCCC3C2)cc1C. The van der Waals surface area contributed by atoms with E-state index in [-0.39, 0.29) is 0 Å². The summed E-state index contributed by atoms with van der Waals surface area (Å²) >= 11 is 0. The number of aryl methyl sites for hydroxylation is 2. The standard InChI is InChI=1S/C19H30N2/c1-14-7-8-17(11-15(14)2)19(12-20)21-10-9-16-5-3-4-6-18(16)13-21/h7-8,11,16,18-19H,3-6,9-10,12-13,20H2,1-2H3. The summed E-state index contributed by atoms with van der Waals surface area (Å²) in [7, 11) is 0. The van der Waals surface area contributed by atoms with Crippen LogP contribution in [0, 0.1) is 25.7 Å². The molecule has 3 atom stereocenters. The fourth-order valence-electron chi connectivity index (χ4n) is 4.38. The highest BCUT2D eigenvalue weighted by Crippen LogP contribution is 2.38. The number of benzene rings is 1. The maximum Gasteiger partial charge on any atom is 0.0470 e. The molecule has 2 nitrogen and oxygen atoms in total. The van der Waals surface area contributed by atoms with E-state index in [1.165, 1.54) is 61.9 Å². The second kappa shape index (κ2) is 6.50. The maximum absolute atomic E-state index is 6.15. The predicted octanol–water partition coefficient (Wildman–Crippen LogP) is 3.82. The molecule has 2 heteroatoms. The van der Waals surface area contributed by atoms with Gasteiger partial charge in [-0.05, 0) is 61.8 Å². The van der Waals surface area contributed by atoms with Gasteiger partial charge in [0.15, 0.2) is 0 Å². The zero-order valence-corrected chi connectivity index (χ0v) is 13.6. The van der Waals surface area contributed by atoms with Crippen LogP contribution in [0.5, 0.6) is 0 Å². The van der Waals surface area contributed by atoms with E-state index in [2.05, 4.69) is 36.9 Å². The molecule has 0 radical (unpaired) electrons. The van der Waals surface area contributed by atoms with Crippen LogP contribution in [0.2, 0.25) is 0 Å². The van der Waals surface area contributed by atoms with Crippen molar-refractivity contribution in [1.82, 2.24) is 4.90 Å². The summed E-state index contributed by atoms with van der Waals surface area (Å²) in [5.41, 5.74) is 10.3. The van der Waals surface area contributed by atoms with Crippen molar-refractivity contribution in [3.63, 3.8) is 0 Å². The number of nitrogens with two attached hydrogens (primary N) is 1. The molecule has 0 amide bonds. The summed E-state index contributed by atoms with van der Waals surface area (Å²) in [6.07, 6.45) is 7.18. The summed E-state index contributed by atoms with van der Waals surface area (Å²) in [4.78, 5) is 2.66. The van der Waals surface area contributed by atoms with Gasteiger partial charge >= 0.3 is 0 Å². The fourth-order valence-corrected chi connectivity index (χ4v) is 4.38. The Labute approximate surface area is 129 Å². The van der Waals surface area contributed by atoms with Crippen LogP contribution in [0.4, 0.5) is 0 Å². The molecule has 0 bridgehead atoms. The summed E-state index contributed by atoms with van der Waals surface area (Å²) in [6.45, 7) is 7.62. The number of hydrogen-bond donors (Lipinski definition) is 1. The third-order valence-electron chi connectivity index (χ3n) is 5.90. The molecule has 2 N–H and O–H groups in total. The zero-order valence-electron chi connectivity index (χ0n) is 13.6. The molecule has 0 aromatic heterocycles. The van der Waals surface area contributed by atoms with E-state index in [1.54, 1.807) is 0 Å². The Morgan fingerprint density at radius 3 is 2.57 bits per heavy atom. The quantitative estimate of drug-likeness (QED) is 0.915. The van der Waals surface area contributed by atoms with Crippen LogP contribution in [0.1, 0.15) is 54.8 Å². The lowest BCUT2D eigenvalue weighted by Gasteiger charge is -2.44. The minimum Gasteiger partial charge on any atom is -0.329 e. The van der Waals surface area contributed by atoms with Crippen LogP contribution in [-0.2, 0) is 0 Å². The molecule has 3 rings (SSSR count). The summed E-state index contributed by atoms with van der Waals surface area (Å²) < 4.78 is 0. The van der Waals surface area contributed by atoms with Gasteiger partial charge in [-0.15, -0.1) is 0 Å². The van der Waals surface area contributed by atoms with Gasteiger partial charge in [-0.1, -0.05) is 37.5 Å². The van der Waals surface area contributed by atoms with Gasteiger partial charge in [0.05, 0.1) is 0 Å². The first-order chi connectivity index (χ1) is 10.2. The molecule has 21 heavy (non-hydrogen) atoms. The minimum atomic E-state index is 0.409. The first kappa shape index (κ1) is 15.1. The topological polar surface area (TPSA) is 29.3 Å². The molecule has 3 unspecified atom stereocenters. The van der Waals surface area contributed by atoms with Crippen molar-refractivity contribution in [2.75, 3.05) is 19.6 Å². The van der Waals surface area contributed by atoms with E-state index in [9.17, 15) is 0 Å². The van der Waals surface area contributed by atoms with Crippen LogP contribution >= 0.6 is 0 Å². The summed E-state index contributed by atoms with van der Waals surface area (Å²) in [5.74, 6) is 1.92. The highest BCUT2D eigenvalue weighted by Gasteiger charge is 2.33. The molecular formula is C19H30N2. The third-order valence-corrected chi connectivity index (χ3v) is 5.90. The van der Waals surface area contributed by atoms with Crippen molar-refractivity contribution in [3.05, 3.63) is 34.9 Å². The van der Waals surface area contributed by atoms with Crippen LogP contribution in [0.15, 0.2) is 18.2 Å². The molecule has 0 spiro atoms. The van der Waals surface area contributed by atoms with E-state index in [1.807, 2.05) is 0 Å². The molecule has 1 aromatic rings. The van der Waals surface area contributed by atoms with Crippen LogP contribution in [0.3, 0.4) is 0 Å². The molecular weight excluding hydrogens is 256 g/mol. The smallest absolute Gasteiger partial charge is 0.0470 e. The lowest BCUT2D eigenvalue weighted by molar-refractivity contribution is 0.0586. The lowest BCUT2D eigenvalue weighted by Crippen LogP contribution is -2.45. The fraction of sp³-hybridized carbons (Fsp3) is 0.684. The van der Waals surface area contributed by atoms with Gasteiger partial charge in [0, 0.05) is 19.1 Å². The molecule has 2 aliphatic rings. The largest absolute Gasteiger partial charge is 0.329 e. The van der Waals surface area contributed by atoms with Crippen molar-refractivity contribution in [2.24, 2.45) is 17.6 Å². The average Bonchev–Trinajstić information content (AvgIpc) is 2.51. The normalized spacial score (nSPS) is 28.1. The number of piperidine rings is 1. The minimum absolute atomic E-state index is 0.409. The lowest BCUT2D eigenvalue weighted by atomic mass is 9.74. The Kier molecular flexibility index (Phi) is 4.66. The monoisotopic (exact) mass is 286 g/mol. The van der Waals surface area contributed by atoms with Gasteiger partial charge in [0.1, 0.15) is 0 Å². The van der Waals surface area contributed by atoms with Crippen molar-refractivity contribution in [1.29, 1.82) is 0 Å². The number of fused-ring (bicyclic) bond motifs is 1. The summed E-state index contributed by atoms with van der Waals surface area (Å²) in [6, 6.07) is 7.29. The highest BCUT2D eigenvalue weighted by atomic mass is 15.2. The molecule has 1 aliphatic heterocycles. The van der Waals surface area contributed by atoms with E-state index in [4.69, 9.17) is 5.73 Å². The number of likely N-dealkylation sites (tertiary alicyclic amines) is 1. The van der Waals surface area contributed by atoms with Gasteiger partial charge in [0.2, 0.25) is 0 Å². The van der Waals surface area contributed by atoms with Crippen LogP contribution < -0.4 is 5.73 Å². The van der Waals surface area contributed by atoms with Crippen molar-refractivity contribution in [2.45, 2.75) is 52.0 Å². The first-order valence-corrected chi connectivity index (χ1v) is 8.70. The molecule has 1 aliphatic carbocycles. The van der Waals surface area contributed by atoms with E-state index >= 15 is 0 Å². The Morgan fingerprint density at radius 1 is 1.10 bits per heavy atom. The first-order valence-electron chi connectivity index (χ1n) is 8.70. The highest BCUT2D eigenvalue weighted by molar-refractivity contribution is 5.32. The van der Waals surface area contributed by atoms with E-state index in [0.29, 0.717) is 6.04 Å². The Hall–Kier alpha value is -0.860. The van der Waals surface area contributed by atoms with Gasteiger partial charge < -0.3 is 5.73 Å². The van der Waals surface area contributed by atoms with Crippen molar-refractivity contribution >= 4 is 0 Å². The average molecular weight is 286 g/mol. The van der Waals surface area contributed by atoms with Crippen LogP contribution in [-0.4, -0.2) is 24.5 Å². The molecule has 2 fully saturated rings. The molecule has 1 aromatic carbocycles. The number of hydrogen-bond acceptors (Lipinski definition) is 2. The molecule has 116 valence electrons. The second-order valence-electron chi connectivity index (χ2n) is 7.18. The Morgan fingerprint density at radius 2 is 1.86 bits per heavy atom. The van der Waals surface area contributed by atoms with Crippen molar-refractivity contribution < 1.29 is 0 Å². The maximum atomic E-state index is 6.15. The number of nitrogens with zero attached hydrogens (tertiary/aromatic N) is 1. The van der Waals surface area contributed by atoms with Crippen LogP contribution in [0.25, 0.3) is 0 Å². The van der Waals surface area contributed by atoms with Gasteiger partial charge in [-0.2, -0.15) is 0 Å². The second-order valence-corrected chi connectivity index (χ2v) is 7.18. The van der Waals surface area contributed by atoms with Gasteiger partial charge in [-0.25, -0.2) is 0 Å². The summed E-state index contributed by atoms with van der Waals surface area (Å²) in [5, 5.41) is 0.